The molecule has 1 saturated carbocycles. The fourth-order valence-electron chi connectivity index (χ4n) is 2.76. The number of amides is 1. The van der Waals surface area contributed by atoms with Crippen molar-refractivity contribution in [2.24, 2.45) is 5.92 Å². The van der Waals surface area contributed by atoms with Crippen LogP contribution in [0.15, 0.2) is 36.4 Å². The molecule has 24 heavy (non-hydrogen) atoms. The number of rotatable bonds is 6. The SMILES string of the molecule is COC(=O)c1cc2ccccc2cc1OCC(=O)N[C@H](C)C1CC1. The Hall–Kier alpha value is -2.56. The summed E-state index contributed by atoms with van der Waals surface area (Å²) in [5.74, 6) is 0.274. The Labute approximate surface area is 140 Å². The molecule has 5 nitrogen and oxygen atoms in total. The third kappa shape index (κ3) is 3.67. The molecule has 126 valence electrons. The third-order valence-electron chi connectivity index (χ3n) is 4.33. The van der Waals surface area contributed by atoms with Gasteiger partial charge in [0.2, 0.25) is 0 Å². The van der Waals surface area contributed by atoms with Gasteiger partial charge in [0, 0.05) is 6.04 Å². The summed E-state index contributed by atoms with van der Waals surface area (Å²) in [7, 11) is 1.32. The van der Waals surface area contributed by atoms with Crippen LogP contribution in [0.3, 0.4) is 0 Å². The van der Waals surface area contributed by atoms with Crippen molar-refractivity contribution in [2.75, 3.05) is 13.7 Å². The van der Waals surface area contributed by atoms with Crippen LogP contribution >= 0.6 is 0 Å². The number of hydrogen-bond donors (Lipinski definition) is 1. The van der Waals surface area contributed by atoms with E-state index in [1.807, 2.05) is 31.2 Å². The zero-order valence-corrected chi connectivity index (χ0v) is 13.9. The van der Waals surface area contributed by atoms with Gasteiger partial charge in [-0.3, -0.25) is 4.79 Å². The van der Waals surface area contributed by atoms with E-state index in [0.29, 0.717) is 17.2 Å². The van der Waals surface area contributed by atoms with E-state index in [9.17, 15) is 9.59 Å². The molecule has 0 aromatic heterocycles. The molecule has 5 heteroatoms. The van der Waals surface area contributed by atoms with Crippen molar-refractivity contribution < 1.29 is 19.1 Å². The Balaban J connectivity index is 1.76. The van der Waals surface area contributed by atoms with Crippen molar-refractivity contribution >= 4 is 22.6 Å². The zero-order valence-electron chi connectivity index (χ0n) is 13.9. The van der Waals surface area contributed by atoms with Gasteiger partial charge in [-0.25, -0.2) is 4.79 Å². The lowest BCUT2D eigenvalue weighted by atomic mass is 10.1. The quantitative estimate of drug-likeness (QED) is 0.829. The lowest BCUT2D eigenvalue weighted by Gasteiger charge is -2.15. The first-order valence-electron chi connectivity index (χ1n) is 8.11. The topological polar surface area (TPSA) is 64.6 Å². The van der Waals surface area contributed by atoms with Crippen LogP contribution in [0.25, 0.3) is 10.8 Å². The summed E-state index contributed by atoms with van der Waals surface area (Å²) >= 11 is 0. The Kier molecular flexibility index (Phi) is 4.69. The monoisotopic (exact) mass is 327 g/mol. The standard InChI is InChI=1S/C19H21NO4/c1-12(13-7-8-13)20-18(21)11-24-17-10-15-6-4-3-5-14(15)9-16(17)19(22)23-2/h3-6,9-10,12-13H,7-8,11H2,1-2H3,(H,20,21)/t12-/m1/s1. The van der Waals surface area contributed by atoms with Gasteiger partial charge < -0.3 is 14.8 Å². The van der Waals surface area contributed by atoms with Crippen LogP contribution in [0.1, 0.15) is 30.1 Å². The first-order chi connectivity index (χ1) is 11.6. The number of hydrogen-bond acceptors (Lipinski definition) is 4. The summed E-state index contributed by atoms with van der Waals surface area (Å²) in [6, 6.07) is 11.3. The highest BCUT2D eigenvalue weighted by molar-refractivity contribution is 5.98. The van der Waals surface area contributed by atoms with E-state index >= 15 is 0 Å². The van der Waals surface area contributed by atoms with Crippen molar-refractivity contribution in [2.45, 2.75) is 25.8 Å². The maximum absolute atomic E-state index is 12.0. The van der Waals surface area contributed by atoms with Crippen LogP contribution in [0.2, 0.25) is 0 Å². The minimum absolute atomic E-state index is 0.126. The lowest BCUT2D eigenvalue weighted by Crippen LogP contribution is -2.37. The number of nitrogens with one attached hydrogen (secondary N) is 1. The molecule has 0 unspecified atom stereocenters. The van der Waals surface area contributed by atoms with Crippen LogP contribution in [0.5, 0.6) is 5.75 Å². The fourth-order valence-corrected chi connectivity index (χ4v) is 2.76. The first-order valence-corrected chi connectivity index (χ1v) is 8.11. The van der Waals surface area contributed by atoms with Crippen molar-refractivity contribution in [3.05, 3.63) is 42.0 Å². The molecule has 1 aliphatic rings. The molecular formula is C19H21NO4. The number of carbonyl (C=O) groups excluding carboxylic acids is 2. The number of carbonyl (C=O) groups is 2. The second kappa shape index (κ2) is 6.91. The van der Waals surface area contributed by atoms with Crippen LogP contribution in [-0.4, -0.2) is 31.6 Å². The largest absolute Gasteiger partial charge is 0.483 e. The second-order valence-electron chi connectivity index (χ2n) is 6.17. The summed E-state index contributed by atoms with van der Waals surface area (Å²) < 4.78 is 10.4. The summed E-state index contributed by atoms with van der Waals surface area (Å²) in [6.07, 6.45) is 2.33. The van der Waals surface area contributed by atoms with Gasteiger partial charge in [0.25, 0.3) is 5.91 Å². The highest BCUT2D eigenvalue weighted by Gasteiger charge is 2.29. The van der Waals surface area contributed by atoms with Gasteiger partial charge in [0.1, 0.15) is 11.3 Å². The number of esters is 1. The molecule has 0 heterocycles. The highest BCUT2D eigenvalue weighted by Crippen LogP contribution is 2.32. The van der Waals surface area contributed by atoms with Crippen molar-refractivity contribution in [1.82, 2.24) is 5.32 Å². The second-order valence-corrected chi connectivity index (χ2v) is 6.17. The van der Waals surface area contributed by atoms with Gasteiger partial charge in [-0.1, -0.05) is 24.3 Å². The van der Waals surface area contributed by atoms with Gasteiger partial charge in [0.05, 0.1) is 7.11 Å². The highest BCUT2D eigenvalue weighted by atomic mass is 16.5. The third-order valence-corrected chi connectivity index (χ3v) is 4.33. The van der Waals surface area contributed by atoms with E-state index in [1.54, 1.807) is 12.1 Å². The molecule has 1 aliphatic carbocycles. The van der Waals surface area contributed by atoms with E-state index in [-0.39, 0.29) is 18.6 Å². The van der Waals surface area contributed by atoms with Crippen LogP contribution in [0, 0.1) is 5.92 Å². The first kappa shape index (κ1) is 16.3. The van der Waals surface area contributed by atoms with E-state index in [0.717, 1.165) is 10.8 Å². The van der Waals surface area contributed by atoms with Crippen molar-refractivity contribution in [3.8, 4) is 5.75 Å². The van der Waals surface area contributed by atoms with Gasteiger partial charge in [0.15, 0.2) is 6.61 Å². The Morgan fingerprint density at radius 3 is 2.50 bits per heavy atom. The lowest BCUT2D eigenvalue weighted by molar-refractivity contribution is -0.123. The van der Waals surface area contributed by atoms with Gasteiger partial charge >= 0.3 is 5.97 Å². The van der Waals surface area contributed by atoms with Crippen LogP contribution in [0.4, 0.5) is 0 Å². The zero-order chi connectivity index (χ0) is 17.1. The van der Waals surface area contributed by atoms with E-state index < -0.39 is 5.97 Å². The maximum atomic E-state index is 12.0. The Morgan fingerprint density at radius 2 is 1.88 bits per heavy atom. The fraction of sp³-hybridized carbons (Fsp3) is 0.368. The van der Waals surface area contributed by atoms with Crippen molar-refractivity contribution in [1.29, 1.82) is 0 Å². The molecule has 0 aliphatic heterocycles. The molecular weight excluding hydrogens is 306 g/mol. The van der Waals surface area contributed by atoms with E-state index in [2.05, 4.69) is 5.32 Å². The number of methoxy groups -OCH3 is 1. The molecule has 0 radical (unpaired) electrons. The van der Waals surface area contributed by atoms with Gasteiger partial charge in [-0.05, 0) is 48.6 Å². The maximum Gasteiger partial charge on any atom is 0.341 e. The summed E-state index contributed by atoms with van der Waals surface area (Å²) in [6.45, 7) is 1.88. The molecule has 2 aromatic rings. The molecule has 1 N–H and O–H groups in total. The molecule has 0 bridgehead atoms. The van der Waals surface area contributed by atoms with Gasteiger partial charge in [-0.2, -0.15) is 0 Å². The number of ether oxygens (including phenoxy) is 2. The molecule has 3 rings (SSSR count). The van der Waals surface area contributed by atoms with Crippen LogP contribution in [-0.2, 0) is 9.53 Å². The minimum Gasteiger partial charge on any atom is -0.483 e. The molecule has 0 spiro atoms. The molecule has 2 aromatic carbocycles. The molecule has 1 amide bonds. The average molecular weight is 327 g/mol. The van der Waals surface area contributed by atoms with Gasteiger partial charge in [-0.15, -0.1) is 0 Å². The minimum atomic E-state index is -0.484. The molecule has 0 saturated heterocycles. The molecule has 1 atom stereocenters. The average Bonchev–Trinajstić information content (AvgIpc) is 3.43. The number of benzene rings is 2. The predicted molar refractivity (Wildman–Crippen MR) is 91.1 cm³/mol. The normalized spacial score (nSPS) is 14.9. The predicted octanol–water partition coefficient (Wildman–Crippen LogP) is 2.92. The Morgan fingerprint density at radius 1 is 1.21 bits per heavy atom. The van der Waals surface area contributed by atoms with Crippen molar-refractivity contribution in [3.63, 3.8) is 0 Å². The summed E-state index contributed by atoms with van der Waals surface area (Å²) in [4.78, 5) is 24.0. The molecule has 1 fully saturated rings. The summed E-state index contributed by atoms with van der Waals surface area (Å²) in [5, 5.41) is 4.78. The number of fused-ring (bicyclic) bond motifs is 1. The van der Waals surface area contributed by atoms with E-state index in [1.165, 1.54) is 20.0 Å². The summed E-state index contributed by atoms with van der Waals surface area (Å²) in [5.41, 5.74) is 0.319. The Bertz CT molecular complexity index is 767. The van der Waals surface area contributed by atoms with Crippen LogP contribution < -0.4 is 10.1 Å². The smallest absolute Gasteiger partial charge is 0.341 e. The van der Waals surface area contributed by atoms with E-state index in [4.69, 9.17) is 9.47 Å².